The number of rotatable bonds is 3. The molecule has 1 fully saturated rings. The van der Waals surface area contributed by atoms with Crippen LogP contribution in [0, 0.1) is 5.92 Å². The first-order valence-electron chi connectivity index (χ1n) is 7.47. The highest BCUT2D eigenvalue weighted by atomic mass is 19.4. The van der Waals surface area contributed by atoms with E-state index in [0.717, 1.165) is 38.5 Å². The lowest BCUT2D eigenvalue weighted by Crippen LogP contribution is -2.46. The lowest BCUT2D eigenvalue weighted by molar-refractivity contribution is -0.168. The second kappa shape index (κ2) is 5.44. The first-order valence-corrected chi connectivity index (χ1v) is 7.47. The number of ketones is 1. The molecule has 1 aromatic rings. The number of carbonyl (C=O) groups excluding carboxylic acids is 1. The summed E-state index contributed by atoms with van der Waals surface area (Å²) in [5, 5.41) is 3.28. The van der Waals surface area contributed by atoms with Crippen LogP contribution in [0.5, 0.6) is 0 Å². The molecule has 120 valence electrons. The van der Waals surface area contributed by atoms with E-state index in [1.807, 2.05) is 0 Å². The number of carbonyl (C=O) groups is 1. The fourth-order valence-electron chi connectivity index (χ4n) is 2.97. The molecule has 0 spiro atoms. The van der Waals surface area contributed by atoms with Gasteiger partial charge in [-0.15, -0.1) is 0 Å². The number of aromatic nitrogens is 1. The summed E-state index contributed by atoms with van der Waals surface area (Å²) in [4.78, 5) is 18.5. The number of pyridine rings is 1. The van der Waals surface area contributed by atoms with Crippen molar-refractivity contribution in [2.24, 2.45) is 5.92 Å². The zero-order valence-corrected chi connectivity index (χ0v) is 12.3. The molecule has 2 bridgehead atoms. The predicted octanol–water partition coefficient (Wildman–Crippen LogP) is 3.25. The average molecular weight is 313 g/mol. The van der Waals surface area contributed by atoms with Gasteiger partial charge in [-0.1, -0.05) is 6.92 Å². The lowest BCUT2D eigenvalue weighted by Gasteiger charge is -2.40. The van der Waals surface area contributed by atoms with Crippen molar-refractivity contribution in [3.63, 3.8) is 0 Å². The Kier molecular flexibility index (Phi) is 3.74. The lowest BCUT2D eigenvalue weighted by atomic mass is 10.00. The van der Waals surface area contributed by atoms with Crippen LogP contribution in [-0.4, -0.2) is 36.1 Å². The molecule has 0 saturated carbocycles. The van der Waals surface area contributed by atoms with E-state index in [2.05, 4.69) is 15.2 Å². The van der Waals surface area contributed by atoms with E-state index in [9.17, 15) is 18.0 Å². The summed E-state index contributed by atoms with van der Waals surface area (Å²) in [6.45, 7) is 2.88. The molecular weight excluding hydrogens is 295 g/mol. The number of halogens is 3. The van der Waals surface area contributed by atoms with E-state index in [4.69, 9.17) is 0 Å². The van der Waals surface area contributed by atoms with Crippen LogP contribution in [-0.2, 0) is 0 Å². The molecule has 1 aromatic heterocycles. The van der Waals surface area contributed by atoms with Crippen molar-refractivity contribution in [3.05, 3.63) is 17.8 Å². The van der Waals surface area contributed by atoms with E-state index >= 15 is 0 Å². The topological polar surface area (TPSA) is 45.2 Å². The summed E-state index contributed by atoms with van der Waals surface area (Å²) in [5.74, 6) is -1.62. The molecule has 0 radical (unpaired) electrons. The Labute approximate surface area is 126 Å². The Hall–Kier alpha value is -1.79. The zero-order valence-electron chi connectivity index (χ0n) is 12.3. The number of hydrogen-bond donors (Lipinski definition) is 1. The fraction of sp³-hybridized carbons (Fsp3) is 0.600. The fourth-order valence-corrected chi connectivity index (χ4v) is 2.97. The molecule has 7 heteroatoms. The van der Waals surface area contributed by atoms with E-state index in [1.165, 1.54) is 6.07 Å². The second-order valence-corrected chi connectivity index (χ2v) is 6.06. The van der Waals surface area contributed by atoms with Gasteiger partial charge in [-0.2, -0.15) is 13.2 Å². The molecule has 1 saturated heterocycles. The molecule has 0 aromatic carbocycles. The number of fused-ring (bicyclic) bond motifs is 4. The van der Waals surface area contributed by atoms with Gasteiger partial charge in [-0.25, -0.2) is 4.98 Å². The number of nitrogens with one attached hydrogen (secondary N) is 1. The van der Waals surface area contributed by atoms with Crippen molar-refractivity contribution >= 4 is 17.3 Å². The summed E-state index contributed by atoms with van der Waals surface area (Å²) in [6, 6.07) is 3.61. The molecule has 2 aliphatic rings. The van der Waals surface area contributed by atoms with Gasteiger partial charge in [0.1, 0.15) is 5.69 Å². The maximum absolute atomic E-state index is 12.6. The van der Waals surface area contributed by atoms with E-state index in [1.54, 1.807) is 6.07 Å². The highest BCUT2D eigenvalue weighted by Crippen LogP contribution is 2.34. The molecule has 2 aliphatic heterocycles. The summed E-state index contributed by atoms with van der Waals surface area (Å²) in [6.07, 6.45) is -2.78. The van der Waals surface area contributed by atoms with Gasteiger partial charge in [0.25, 0.3) is 0 Å². The first kappa shape index (κ1) is 15.1. The van der Waals surface area contributed by atoms with E-state index < -0.39 is 24.3 Å². The Bertz CT molecular complexity index is 588. The standard InChI is InChI=1S/C15H18F3N3O/c1-9(15(16,17)18)7-13(22)11-4-5-12-14(20-11)19-10-3-2-6-21(12)8-10/h4-5,9-10H,2-3,6-8H2,1H3,(H,19,20)/t9-,10-/m0/s1. The summed E-state index contributed by atoms with van der Waals surface area (Å²) in [7, 11) is 0. The Morgan fingerprint density at radius 2 is 2.27 bits per heavy atom. The van der Waals surface area contributed by atoms with Gasteiger partial charge in [-0.05, 0) is 25.0 Å². The SMILES string of the molecule is C[C@@H](CC(=O)c1ccc2c(n1)N[C@H]1CCCN2C1)C(F)(F)F. The number of alkyl halides is 3. The van der Waals surface area contributed by atoms with Crippen LogP contribution in [0.4, 0.5) is 24.7 Å². The minimum atomic E-state index is -4.36. The number of piperidine rings is 1. The van der Waals surface area contributed by atoms with Crippen LogP contribution in [0.2, 0.25) is 0 Å². The minimum Gasteiger partial charge on any atom is -0.366 e. The molecule has 1 N–H and O–H groups in total. The molecule has 3 heterocycles. The van der Waals surface area contributed by atoms with Gasteiger partial charge in [-0.3, -0.25) is 4.79 Å². The van der Waals surface area contributed by atoms with Gasteiger partial charge >= 0.3 is 6.18 Å². The minimum absolute atomic E-state index is 0.100. The van der Waals surface area contributed by atoms with Crippen molar-refractivity contribution in [2.75, 3.05) is 23.3 Å². The molecular formula is C15H18F3N3O. The molecule has 2 atom stereocenters. The average Bonchev–Trinajstić information content (AvgIpc) is 2.45. The highest BCUT2D eigenvalue weighted by molar-refractivity contribution is 5.95. The summed E-state index contributed by atoms with van der Waals surface area (Å²) in [5.41, 5.74) is 1.03. The van der Waals surface area contributed by atoms with Gasteiger partial charge < -0.3 is 10.2 Å². The third kappa shape index (κ3) is 2.89. The molecule has 0 amide bonds. The second-order valence-electron chi connectivity index (χ2n) is 6.06. The van der Waals surface area contributed by atoms with Crippen molar-refractivity contribution < 1.29 is 18.0 Å². The molecule has 4 nitrogen and oxygen atoms in total. The summed E-state index contributed by atoms with van der Waals surface area (Å²) < 4.78 is 37.7. The monoisotopic (exact) mass is 313 g/mol. The summed E-state index contributed by atoms with van der Waals surface area (Å²) >= 11 is 0. The van der Waals surface area contributed by atoms with Gasteiger partial charge in [0, 0.05) is 25.6 Å². The predicted molar refractivity (Wildman–Crippen MR) is 77.3 cm³/mol. The Balaban J connectivity index is 1.79. The van der Waals surface area contributed by atoms with Gasteiger partial charge in [0.15, 0.2) is 11.6 Å². The van der Waals surface area contributed by atoms with Crippen LogP contribution in [0.3, 0.4) is 0 Å². The number of hydrogen-bond acceptors (Lipinski definition) is 4. The van der Waals surface area contributed by atoms with Gasteiger partial charge in [0.2, 0.25) is 0 Å². The quantitative estimate of drug-likeness (QED) is 0.870. The third-order valence-corrected chi connectivity index (χ3v) is 4.31. The van der Waals surface area contributed by atoms with Gasteiger partial charge in [0.05, 0.1) is 11.6 Å². The zero-order chi connectivity index (χ0) is 15.9. The number of anilines is 2. The van der Waals surface area contributed by atoms with Crippen LogP contribution < -0.4 is 10.2 Å². The van der Waals surface area contributed by atoms with Crippen molar-refractivity contribution in [1.29, 1.82) is 0 Å². The molecule has 0 unspecified atom stereocenters. The molecule has 0 aliphatic carbocycles. The van der Waals surface area contributed by atoms with Crippen LogP contribution in [0.15, 0.2) is 12.1 Å². The molecule has 22 heavy (non-hydrogen) atoms. The van der Waals surface area contributed by atoms with E-state index in [-0.39, 0.29) is 5.69 Å². The number of Topliss-reactive ketones (excluding diaryl/α,β-unsaturated/α-hetero) is 1. The largest absolute Gasteiger partial charge is 0.391 e. The van der Waals surface area contributed by atoms with Crippen molar-refractivity contribution in [1.82, 2.24) is 4.98 Å². The van der Waals surface area contributed by atoms with Crippen LogP contribution in [0.1, 0.15) is 36.7 Å². The maximum Gasteiger partial charge on any atom is 0.391 e. The number of nitrogens with zero attached hydrogens (tertiary/aromatic N) is 2. The normalized spacial score (nSPS) is 21.8. The van der Waals surface area contributed by atoms with Crippen molar-refractivity contribution in [2.45, 2.75) is 38.4 Å². The Morgan fingerprint density at radius 1 is 1.50 bits per heavy atom. The maximum atomic E-state index is 12.6. The van der Waals surface area contributed by atoms with Crippen LogP contribution in [0.25, 0.3) is 0 Å². The highest BCUT2D eigenvalue weighted by Gasteiger charge is 2.37. The smallest absolute Gasteiger partial charge is 0.366 e. The van der Waals surface area contributed by atoms with E-state index in [0.29, 0.717) is 11.9 Å². The first-order chi connectivity index (χ1) is 10.3. The Morgan fingerprint density at radius 3 is 3.00 bits per heavy atom. The molecule has 3 rings (SSSR count). The van der Waals surface area contributed by atoms with Crippen molar-refractivity contribution in [3.8, 4) is 0 Å². The van der Waals surface area contributed by atoms with Crippen LogP contribution >= 0.6 is 0 Å². The third-order valence-electron chi connectivity index (χ3n) is 4.31.